The molecule has 20 rings (SSSR count). The number of imidazole rings is 5. The molecule has 5 aromatic carbocycles. The summed E-state index contributed by atoms with van der Waals surface area (Å²) < 4.78 is 110. The number of benzene rings is 5. The molecule has 38 heteroatoms. The summed E-state index contributed by atoms with van der Waals surface area (Å²) in [6.07, 6.45) is 21.5. The van der Waals surface area contributed by atoms with E-state index in [9.17, 15) is 17.6 Å². The summed E-state index contributed by atoms with van der Waals surface area (Å²) >= 11 is 0. The summed E-state index contributed by atoms with van der Waals surface area (Å²) in [7, 11) is 0. The summed E-state index contributed by atoms with van der Waals surface area (Å²) in [4.78, 5) is 66.1. The van der Waals surface area contributed by atoms with Crippen molar-refractivity contribution in [1.82, 2.24) is 97.6 Å². The highest BCUT2D eigenvalue weighted by Crippen LogP contribution is 2.32. The minimum absolute atomic E-state index is 0.188. The van der Waals surface area contributed by atoms with Crippen molar-refractivity contribution in [2.24, 2.45) is 0 Å². The van der Waals surface area contributed by atoms with Crippen LogP contribution in [0.4, 0.5) is 52.6 Å². The van der Waals surface area contributed by atoms with Crippen LogP contribution in [0.15, 0.2) is 158 Å². The molecule has 15 heterocycles. The monoisotopic (exact) mass is 1710 g/mol. The van der Waals surface area contributed by atoms with Gasteiger partial charge in [0.15, 0.2) is 131 Å². The van der Waals surface area contributed by atoms with Crippen LogP contribution < -0.4 is 71.9 Å². The second kappa shape index (κ2) is 37.8. The fourth-order valence-corrected chi connectivity index (χ4v) is 14.2. The zero-order valence-corrected chi connectivity index (χ0v) is 69.3. The molecule has 11 N–H and O–H groups in total. The number of nitrogens with one attached hydrogen (secondary N) is 1. The van der Waals surface area contributed by atoms with Crippen molar-refractivity contribution in [2.45, 2.75) is 93.0 Å². The van der Waals surface area contributed by atoms with Crippen molar-refractivity contribution in [1.29, 1.82) is 0 Å². The van der Waals surface area contributed by atoms with Crippen molar-refractivity contribution in [3.63, 3.8) is 0 Å². The topological polar surface area (TPSA) is 434 Å². The van der Waals surface area contributed by atoms with E-state index >= 15 is 0 Å². The molecule has 0 fully saturated rings. The Morgan fingerprint density at radius 1 is 0.310 bits per heavy atom. The van der Waals surface area contributed by atoms with E-state index in [0.717, 1.165) is 82.9 Å². The third-order valence-corrected chi connectivity index (χ3v) is 20.5. The number of nitrogens with two attached hydrogens (primary N) is 5. The summed E-state index contributed by atoms with van der Waals surface area (Å²) in [6.45, 7) is 15.1. The van der Waals surface area contributed by atoms with Gasteiger partial charge in [-0.05, 0) is 173 Å². The second-order valence-corrected chi connectivity index (χ2v) is 29.3. The number of nitrogens with zero attached hydrogens (tertiary/aromatic N) is 20. The summed E-state index contributed by atoms with van der Waals surface area (Å²) in [6, 6.07) is 28.1. The van der Waals surface area contributed by atoms with Crippen LogP contribution in [0.2, 0.25) is 0 Å². The van der Waals surface area contributed by atoms with Crippen LogP contribution in [0.5, 0.6) is 46.8 Å². The van der Waals surface area contributed by atoms with Crippen LogP contribution in [0.3, 0.4) is 0 Å². The van der Waals surface area contributed by atoms with E-state index in [1.807, 2.05) is 95.4 Å². The number of hydrogen-bond acceptors (Lipinski definition) is 29. The predicted molar refractivity (Wildman–Crippen MR) is 466 cm³/mol. The molecule has 34 nitrogen and oxygen atoms in total. The maximum absolute atomic E-state index is 13.9. The van der Waals surface area contributed by atoms with Gasteiger partial charge in [-0.3, -0.25) is 0 Å². The molecule has 0 atom stereocenters. The van der Waals surface area contributed by atoms with Gasteiger partial charge in [0, 0.05) is 19.5 Å². The van der Waals surface area contributed by atoms with Gasteiger partial charge in [-0.15, -0.1) is 0 Å². The molecule has 0 saturated heterocycles. The molecule has 5 aliphatic rings. The summed E-state index contributed by atoms with van der Waals surface area (Å²) in [5.74, 6) is 6.77. The minimum Gasteiger partial charge on any atom is -0.490 e. The van der Waals surface area contributed by atoms with E-state index in [2.05, 4.69) is 96.8 Å². The van der Waals surface area contributed by atoms with Gasteiger partial charge in [0.2, 0.25) is 5.95 Å². The number of hydrogen-bond donors (Lipinski definition) is 6. The van der Waals surface area contributed by atoms with Gasteiger partial charge in [-0.2, -0.15) is 39.9 Å². The largest absolute Gasteiger partial charge is 0.490 e. The third-order valence-electron chi connectivity index (χ3n) is 20.5. The number of anilines is 6. The zero-order valence-electron chi connectivity index (χ0n) is 69.3. The van der Waals surface area contributed by atoms with Crippen molar-refractivity contribution in [2.75, 3.05) is 93.4 Å². The molecule has 0 aliphatic carbocycles. The molecule has 20 bridgehead atoms. The number of fused-ring (bicyclic) bond motifs is 15. The van der Waals surface area contributed by atoms with Crippen molar-refractivity contribution >= 4 is 90.9 Å². The molecule has 0 radical (unpaired) electrons. The lowest BCUT2D eigenvalue weighted by Gasteiger charge is -2.11. The van der Waals surface area contributed by atoms with Crippen LogP contribution in [-0.4, -0.2) is 157 Å². The molecular formula is C88H88F4N26O8. The van der Waals surface area contributed by atoms with Gasteiger partial charge < -0.3 is 94.7 Å². The SMILES string of the molecule is Cc1nc2c(N)nc3nc2n1CCc1cccc(c1)OC/C=C/CCO3.Cc1nc2c(N)nc3nc2n1Cc1ccc(F)c(c1)OC/C=C/CN3.Cc1nc2c(N)nc3nc2n1Cc1ccc(F)c(c1)OC/C=C/CO3.Cc1nc2c(N)nc3nc2n1Cc1ccc(F)c(c1)OC/C=C\CC3.Cc1nc2c(N)nc3nc2n1Cc1ccc(F)c(c1)OC/C=C\CO3. The molecule has 10 aromatic heterocycles. The van der Waals surface area contributed by atoms with E-state index in [-0.39, 0.29) is 97.3 Å². The minimum atomic E-state index is -0.401. The van der Waals surface area contributed by atoms with Crippen molar-refractivity contribution in [3.05, 3.63) is 244 Å². The van der Waals surface area contributed by atoms with Crippen LogP contribution in [0, 0.1) is 57.9 Å². The molecule has 646 valence electrons. The maximum Gasteiger partial charge on any atom is 0.320 e. The highest BCUT2D eigenvalue weighted by atomic mass is 19.1. The standard InChI is InChI=1S/C19H21N5O2.C18H18FN5O.C17H17FN6O.2C17H16FN5O2/c1-13-21-16-17(20)22-19-23-18(16)24(13)9-8-14-6-5-7-15(12-14)25-10-3-2-4-11-26-19;1-11-21-16-17(20)22-15-5-3-2-4-8-25-14-9-12(6-7-13(14)19)10-24(11)18(16)23-15;1-10-21-14-15(19)22-17-20-6-2-3-7-25-13-8-11(4-5-12(13)18)9-24(10)16(14)23-17;2*1-10-20-14-15(19)21-17-22-16(14)23(10)9-11-4-5-12(18)13(8-11)24-6-2-3-7-25-17/h2-3,5-7,12H,4,8-11H2,1H3,(H2,20,22,23);2,4,6-7,9H,3,5,8,10H2,1H3,(H2,20,22,23);2-5,8H,6-7,9H2,1H3,(H3,19,20,22,23);2*2-5,8H,6-7,9H2,1H3,(H2,19,21,22)/b3-2+;4-2-;2*3-2+;3-2-. The number of allylic oxidation sites excluding steroid dienone is 1. The molecule has 0 amide bonds. The highest BCUT2D eigenvalue weighted by molar-refractivity contribution is 5.86. The van der Waals surface area contributed by atoms with Gasteiger partial charge in [-0.1, -0.05) is 66.8 Å². The molecule has 15 aromatic rings. The molecule has 0 spiro atoms. The molecular weight excluding hydrogens is 1630 g/mol. The fourth-order valence-electron chi connectivity index (χ4n) is 14.2. The van der Waals surface area contributed by atoms with Gasteiger partial charge in [-0.25, -0.2) is 52.4 Å². The Bertz CT molecular complexity index is 6100. The van der Waals surface area contributed by atoms with Crippen LogP contribution in [-0.2, 0) is 45.6 Å². The zero-order chi connectivity index (χ0) is 87.5. The van der Waals surface area contributed by atoms with Gasteiger partial charge in [0.1, 0.15) is 86.9 Å². The average molecular weight is 1710 g/mol. The van der Waals surface area contributed by atoms with E-state index in [1.54, 1.807) is 78.9 Å². The lowest BCUT2D eigenvalue weighted by atomic mass is 10.1. The number of rotatable bonds is 0. The average Bonchev–Trinajstić information content (AvgIpc) is 1.64. The first-order chi connectivity index (χ1) is 61.2. The normalized spacial score (nSPS) is 15.7. The summed E-state index contributed by atoms with van der Waals surface area (Å²) in [5.41, 5.74) is 40.9. The maximum atomic E-state index is 13.9. The Labute approximate surface area is 717 Å². The van der Waals surface area contributed by atoms with E-state index < -0.39 is 11.6 Å². The first kappa shape index (κ1) is 84.1. The molecule has 0 saturated carbocycles. The molecule has 0 unspecified atom stereocenters. The summed E-state index contributed by atoms with van der Waals surface area (Å²) in [5, 5.41) is 3.09. The van der Waals surface area contributed by atoms with Crippen LogP contribution >= 0.6 is 0 Å². The first-order valence-electron chi connectivity index (χ1n) is 40.4. The quantitative estimate of drug-likeness (QED) is 0.0606. The lowest BCUT2D eigenvalue weighted by molar-refractivity contribution is 0.299. The number of aromatic nitrogens is 20. The Morgan fingerprint density at radius 2 is 0.667 bits per heavy atom. The number of nitrogen functional groups attached to an aromatic ring is 5. The Kier molecular flexibility index (Phi) is 25.3. The van der Waals surface area contributed by atoms with Gasteiger partial charge in [0.25, 0.3) is 0 Å². The smallest absolute Gasteiger partial charge is 0.320 e. The molecule has 5 aliphatic heterocycles. The Hall–Kier alpha value is -15.5. The Morgan fingerprint density at radius 3 is 1.12 bits per heavy atom. The number of aryl methyl sites for hydroxylation is 8. The van der Waals surface area contributed by atoms with Crippen LogP contribution in [0.25, 0.3) is 55.8 Å². The third kappa shape index (κ3) is 19.5. The van der Waals surface area contributed by atoms with Crippen molar-refractivity contribution < 1.29 is 55.5 Å². The van der Waals surface area contributed by atoms with E-state index in [0.29, 0.717) is 144 Å². The van der Waals surface area contributed by atoms with E-state index in [4.69, 9.17) is 66.6 Å². The van der Waals surface area contributed by atoms with Crippen LogP contribution in [0.1, 0.15) is 75.6 Å². The van der Waals surface area contributed by atoms with Gasteiger partial charge in [0.05, 0.1) is 32.8 Å². The second-order valence-electron chi connectivity index (χ2n) is 29.3. The number of halogens is 4. The lowest BCUT2D eigenvalue weighted by Crippen LogP contribution is -2.09. The highest BCUT2D eigenvalue weighted by Gasteiger charge is 2.24. The first-order valence-corrected chi connectivity index (χ1v) is 40.4. The van der Waals surface area contributed by atoms with Crippen molar-refractivity contribution in [3.8, 4) is 46.8 Å². The van der Waals surface area contributed by atoms with E-state index in [1.165, 1.54) is 29.8 Å². The predicted octanol–water partition coefficient (Wildman–Crippen LogP) is 12.2. The molecule has 126 heavy (non-hydrogen) atoms. The van der Waals surface area contributed by atoms with Gasteiger partial charge >= 0.3 is 18.0 Å². The fraction of sp³-hybridized carbons (Fsp3) is 0.261. The number of ether oxygens (including phenoxy) is 8. The Balaban J connectivity index is 0.000000116.